The molecule has 96 valence electrons. The number of nitrogens with one attached hydrogen (secondary N) is 1. The Morgan fingerprint density at radius 1 is 1.50 bits per heavy atom. The molecule has 0 atom stereocenters. The number of anilines is 1. The van der Waals surface area contributed by atoms with Gasteiger partial charge in [-0.3, -0.25) is 4.79 Å². The van der Waals surface area contributed by atoms with Crippen molar-refractivity contribution in [1.82, 2.24) is 14.9 Å². The van der Waals surface area contributed by atoms with Gasteiger partial charge in [0.25, 0.3) is 0 Å². The van der Waals surface area contributed by atoms with E-state index in [0.717, 1.165) is 16.2 Å². The predicted octanol–water partition coefficient (Wildman–Crippen LogP) is 1.72. The molecule has 0 aliphatic carbocycles. The largest absolute Gasteiger partial charge is 0.399 e. The van der Waals surface area contributed by atoms with Crippen LogP contribution in [0.15, 0.2) is 23.4 Å². The van der Waals surface area contributed by atoms with Crippen molar-refractivity contribution in [3.05, 3.63) is 18.2 Å². The number of aromatic amines is 1. The molecule has 0 saturated carbocycles. The summed E-state index contributed by atoms with van der Waals surface area (Å²) in [7, 11) is 3.52. The molecule has 1 heterocycles. The van der Waals surface area contributed by atoms with Gasteiger partial charge < -0.3 is 15.6 Å². The summed E-state index contributed by atoms with van der Waals surface area (Å²) in [4.78, 5) is 20.6. The minimum atomic E-state index is 0.128. The van der Waals surface area contributed by atoms with Crippen molar-refractivity contribution in [2.24, 2.45) is 0 Å². The average molecular weight is 264 g/mol. The number of fused-ring (bicyclic) bond motifs is 1. The van der Waals surface area contributed by atoms with Gasteiger partial charge in [0.15, 0.2) is 5.16 Å². The summed E-state index contributed by atoms with van der Waals surface area (Å²) in [6.45, 7) is 0. The molecule has 0 radical (unpaired) electrons. The highest BCUT2D eigenvalue weighted by Gasteiger charge is 2.07. The summed E-state index contributed by atoms with van der Waals surface area (Å²) in [5, 5.41) is 0.821. The fourth-order valence-corrected chi connectivity index (χ4v) is 2.35. The Morgan fingerprint density at radius 2 is 2.28 bits per heavy atom. The molecular formula is C12H16N4OS. The molecule has 18 heavy (non-hydrogen) atoms. The Kier molecular flexibility index (Phi) is 3.76. The molecule has 0 spiro atoms. The van der Waals surface area contributed by atoms with Crippen molar-refractivity contribution in [2.75, 3.05) is 25.6 Å². The van der Waals surface area contributed by atoms with Crippen LogP contribution in [0.3, 0.4) is 0 Å². The van der Waals surface area contributed by atoms with Gasteiger partial charge in [0, 0.05) is 32.0 Å². The summed E-state index contributed by atoms with van der Waals surface area (Å²) in [5.74, 6) is 0.842. The van der Waals surface area contributed by atoms with Crippen LogP contribution < -0.4 is 5.73 Å². The van der Waals surface area contributed by atoms with E-state index in [1.165, 1.54) is 0 Å². The van der Waals surface area contributed by atoms with Crippen LogP contribution in [-0.4, -0.2) is 40.6 Å². The molecule has 0 unspecified atom stereocenters. The number of hydrogen-bond acceptors (Lipinski definition) is 4. The van der Waals surface area contributed by atoms with Crippen molar-refractivity contribution in [3.8, 4) is 0 Å². The van der Waals surface area contributed by atoms with E-state index in [1.807, 2.05) is 18.2 Å². The summed E-state index contributed by atoms with van der Waals surface area (Å²) >= 11 is 1.54. The monoisotopic (exact) mass is 264 g/mol. The quantitative estimate of drug-likeness (QED) is 0.651. The van der Waals surface area contributed by atoms with Gasteiger partial charge in [-0.2, -0.15) is 0 Å². The lowest BCUT2D eigenvalue weighted by molar-refractivity contribution is -0.128. The maximum Gasteiger partial charge on any atom is 0.222 e. The van der Waals surface area contributed by atoms with Crippen LogP contribution >= 0.6 is 11.8 Å². The van der Waals surface area contributed by atoms with E-state index < -0.39 is 0 Å². The highest BCUT2D eigenvalue weighted by molar-refractivity contribution is 7.99. The van der Waals surface area contributed by atoms with E-state index in [4.69, 9.17) is 5.73 Å². The Bertz CT molecular complexity index is 564. The summed E-state index contributed by atoms with van der Waals surface area (Å²) in [5.41, 5.74) is 8.24. The van der Waals surface area contributed by atoms with Crippen LogP contribution in [0.25, 0.3) is 11.0 Å². The third kappa shape index (κ3) is 2.95. The number of carbonyl (C=O) groups excluding carboxylic acids is 1. The fourth-order valence-electron chi connectivity index (χ4n) is 1.53. The van der Waals surface area contributed by atoms with E-state index >= 15 is 0 Å². The minimum Gasteiger partial charge on any atom is -0.399 e. The fraction of sp³-hybridized carbons (Fsp3) is 0.333. The molecule has 6 heteroatoms. The molecule has 3 N–H and O–H groups in total. The highest BCUT2D eigenvalue weighted by atomic mass is 32.2. The third-order valence-electron chi connectivity index (χ3n) is 2.54. The van der Waals surface area contributed by atoms with Gasteiger partial charge in [-0.05, 0) is 18.2 Å². The average Bonchev–Trinajstić information content (AvgIpc) is 2.70. The van der Waals surface area contributed by atoms with Crippen molar-refractivity contribution < 1.29 is 4.79 Å². The second kappa shape index (κ2) is 5.30. The van der Waals surface area contributed by atoms with Crippen molar-refractivity contribution >= 4 is 34.4 Å². The number of thioether (sulfide) groups is 1. The van der Waals surface area contributed by atoms with E-state index in [0.29, 0.717) is 17.9 Å². The maximum atomic E-state index is 11.4. The Hall–Kier alpha value is -1.69. The van der Waals surface area contributed by atoms with Crippen molar-refractivity contribution in [3.63, 3.8) is 0 Å². The molecule has 1 amide bonds. The van der Waals surface area contributed by atoms with Gasteiger partial charge >= 0.3 is 0 Å². The second-order valence-corrected chi connectivity index (χ2v) is 5.29. The lowest BCUT2D eigenvalue weighted by atomic mass is 10.3. The highest BCUT2D eigenvalue weighted by Crippen LogP contribution is 2.21. The van der Waals surface area contributed by atoms with Crippen LogP contribution in [0.2, 0.25) is 0 Å². The number of amides is 1. The Labute approximate surface area is 110 Å². The lowest BCUT2D eigenvalue weighted by Gasteiger charge is -2.08. The van der Waals surface area contributed by atoms with E-state index in [9.17, 15) is 4.79 Å². The molecule has 2 rings (SSSR count). The van der Waals surface area contributed by atoms with Crippen LogP contribution in [-0.2, 0) is 4.79 Å². The van der Waals surface area contributed by atoms with Crippen LogP contribution in [0.5, 0.6) is 0 Å². The molecule has 1 aromatic heterocycles. The summed E-state index contributed by atoms with van der Waals surface area (Å²) in [6.07, 6.45) is 0.511. The molecule has 0 fully saturated rings. The zero-order chi connectivity index (χ0) is 13.1. The molecule has 0 bridgehead atoms. The van der Waals surface area contributed by atoms with Gasteiger partial charge in [-0.1, -0.05) is 11.8 Å². The zero-order valence-corrected chi connectivity index (χ0v) is 11.3. The minimum absolute atomic E-state index is 0.128. The molecule has 1 aromatic carbocycles. The molecule has 5 nitrogen and oxygen atoms in total. The number of carbonyl (C=O) groups is 1. The van der Waals surface area contributed by atoms with Gasteiger partial charge in [-0.25, -0.2) is 4.98 Å². The number of H-pyrrole nitrogens is 1. The number of nitrogens with zero attached hydrogens (tertiary/aromatic N) is 2. The first-order valence-electron chi connectivity index (χ1n) is 5.64. The van der Waals surface area contributed by atoms with Gasteiger partial charge in [0.2, 0.25) is 5.91 Å². The predicted molar refractivity (Wildman–Crippen MR) is 74.5 cm³/mol. The summed E-state index contributed by atoms with van der Waals surface area (Å²) in [6, 6.07) is 5.57. The van der Waals surface area contributed by atoms with E-state index in [-0.39, 0.29) is 5.91 Å². The molecule has 0 aliphatic rings. The zero-order valence-electron chi connectivity index (χ0n) is 10.4. The Morgan fingerprint density at radius 3 is 3.00 bits per heavy atom. The van der Waals surface area contributed by atoms with E-state index in [1.54, 1.807) is 30.8 Å². The SMILES string of the molecule is CN(C)C(=O)CCSc1nc2ccc(N)cc2[nH]1. The topological polar surface area (TPSA) is 75.0 Å². The first-order valence-corrected chi connectivity index (χ1v) is 6.63. The molecular weight excluding hydrogens is 248 g/mol. The van der Waals surface area contributed by atoms with Crippen LogP contribution in [0.1, 0.15) is 6.42 Å². The normalized spacial score (nSPS) is 10.8. The molecule has 0 saturated heterocycles. The number of rotatable bonds is 4. The van der Waals surface area contributed by atoms with Crippen LogP contribution in [0, 0.1) is 0 Å². The number of nitrogens with two attached hydrogens (primary N) is 1. The first kappa shape index (κ1) is 12.8. The number of hydrogen-bond donors (Lipinski definition) is 2. The summed E-state index contributed by atoms with van der Waals surface area (Å²) < 4.78 is 0. The molecule has 2 aromatic rings. The number of imidazole rings is 1. The third-order valence-corrected chi connectivity index (χ3v) is 3.41. The lowest BCUT2D eigenvalue weighted by Crippen LogP contribution is -2.21. The van der Waals surface area contributed by atoms with Crippen LogP contribution in [0.4, 0.5) is 5.69 Å². The van der Waals surface area contributed by atoms with Crippen molar-refractivity contribution in [1.29, 1.82) is 0 Å². The maximum absolute atomic E-state index is 11.4. The first-order chi connectivity index (χ1) is 8.56. The number of aromatic nitrogens is 2. The van der Waals surface area contributed by atoms with Gasteiger partial charge in [0.05, 0.1) is 11.0 Å². The van der Waals surface area contributed by atoms with Crippen molar-refractivity contribution in [2.45, 2.75) is 11.6 Å². The van der Waals surface area contributed by atoms with Gasteiger partial charge in [0.1, 0.15) is 0 Å². The standard InChI is InChI=1S/C12H16N4OS/c1-16(2)11(17)5-6-18-12-14-9-4-3-8(13)7-10(9)15-12/h3-4,7H,5-6,13H2,1-2H3,(H,14,15). The number of benzene rings is 1. The smallest absolute Gasteiger partial charge is 0.222 e. The number of nitrogen functional groups attached to an aromatic ring is 1. The van der Waals surface area contributed by atoms with E-state index in [2.05, 4.69) is 9.97 Å². The Balaban J connectivity index is 1.98. The second-order valence-electron chi connectivity index (χ2n) is 4.21. The van der Waals surface area contributed by atoms with Gasteiger partial charge in [-0.15, -0.1) is 0 Å². The molecule has 0 aliphatic heterocycles.